The first-order chi connectivity index (χ1) is 25.2. The van der Waals surface area contributed by atoms with Crippen molar-refractivity contribution in [1.29, 1.82) is 0 Å². The van der Waals surface area contributed by atoms with Crippen LogP contribution >= 0.6 is 11.3 Å². The molecule has 4 unspecified atom stereocenters. The van der Waals surface area contributed by atoms with Crippen LogP contribution in [0.1, 0.15) is 75.4 Å². The van der Waals surface area contributed by atoms with E-state index in [1.165, 1.54) is 36.6 Å². The van der Waals surface area contributed by atoms with Gasteiger partial charge in [0, 0.05) is 35.7 Å². The van der Waals surface area contributed by atoms with Gasteiger partial charge in [-0.25, -0.2) is 22.5 Å². The number of alkyl halides is 2. The number of amides is 1. The van der Waals surface area contributed by atoms with E-state index in [1.807, 2.05) is 11.0 Å². The van der Waals surface area contributed by atoms with E-state index in [1.54, 1.807) is 31.3 Å². The van der Waals surface area contributed by atoms with Gasteiger partial charge in [0.25, 0.3) is 5.91 Å². The second-order valence-electron chi connectivity index (χ2n) is 13.2. The van der Waals surface area contributed by atoms with E-state index < -0.39 is 24.2 Å². The molecule has 14 heteroatoms. The van der Waals surface area contributed by atoms with Gasteiger partial charge in [-0.15, -0.1) is 21.5 Å². The average Bonchev–Trinajstić information content (AvgIpc) is 3.97. The van der Waals surface area contributed by atoms with E-state index in [0.29, 0.717) is 68.8 Å². The Bertz CT molecular complexity index is 2400. The zero-order valence-corrected chi connectivity index (χ0v) is 28.7. The summed E-state index contributed by atoms with van der Waals surface area (Å²) in [7, 11) is 1.22. The van der Waals surface area contributed by atoms with Crippen molar-refractivity contribution in [2.75, 3.05) is 19.0 Å². The van der Waals surface area contributed by atoms with Crippen molar-refractivity contribution in [2.24, 2.45) is 0 Å². The zero-order valence-electron chi connectivity index (χ0n) is 27.9. The number of hydrogen-bond donors (Lipinski definition) is 1. The number of anilines is 1. The number of methoxy groups -OCH3 is 1. The van der Waals surface area contributed by atoms with Crippen molar-refractivity contribution in [3.05, 3.63) is 106 Å². The van der Waals surface area contributed by atoms with Gasteiger partial charge in [-0.3, -0.25) is 9.78 Å². The first-order valence-electron chi connectivity index (χ1n) is 16.9. The molecule has 4 atom stereocenters. The van der Waals surface area contributed by atoms with Gasteiger partial charge in [0.05, 0.1) is 46.4 Å². The highest BCUT2D eigenvalue weighted by Gasteiger charge is 2.46. The summed E-state index contributed by atoms with van der Waals surface area (Å²) in [5, 5.41) is 12.3. The van der Waals surface area contributed by atoms with Gasteiger partial charge in [-0.05, 0) is 72.5 Å². The summed E-state index contributed by atoms with van der Waals surface area (Å²) in [6.07, 6.45) is 0.0502. The van der Waals surface area contributed by atoms with Crippen LogP contribution in [-0.2, 0) is 12.8 Å². The molecule has 0 bridgehead atoms. The molecule has 6 heterocycles. The third kappa shape index (κ3) is 5.06. The smallest absolute Gasteiger partial charge is 0.257 e. The molecule has 4 aromatic heterocycles. The minimum Gasteiger partial charge on any atom is -0.493 e. The molecule has 2 aromatic carbocycles. The van der Waals surface area contributed by atoms with Crippen LogP contribution < -0.4 is 10.1 Å². The van der Waals surface area contributed by atoms with E-state index in [-0.39, 0.29) is 40.5 Å². The van der Waals surface area contributed by atoms with Gasteiger partial charge in [-0.2, -0.15) is 0 Å². The number of thiophene rings is 1. The number of nitrogens with zero attached hydrogens (tertiary/aromatic N) is 5. The number of carbonyl (C=O) groups is 1. The van der Waals surface area contributed by atoms with Crippen molar-refractivity contribution in [3.8, 4) is 27.6 Å². The van der Waals surface area contributed by atoms with Crippen molar-refractivity contribution in [1.82, 2.24) is 25.1 Å². The third-order valence-corrected chi connectivity index (χ3v) is 11.4. The molecule has 264 valence electrons. The molecule has 1 N–H and O–H groups in total. The number of fused-ring (bicyclic) bond motifs is 5. The normalized spacial score (nSPS) is 20.4. The molecule has 0 radical (unpaired) electrons. The Balaban J connectivity index is 1.20. The van der Waals surface area contributed by atoms with E-state index in [4.69, 9.17) is 14.1 Å². The summed E-state index contributed by atoms with van der Waals surface area (Å²) in [6.45, 7) is 2.30. The molecule has 1 aliphatic carbocycles. The number of benzene rings is 2. The van der Waals surface area contributed by atoms with E-state index in [9.17, 15) is 13.6 Å². The lowest BCUT2D eigenvalue weighted by Gasteiger charge is -2.18. The first-order valence-corrected chi connectivity index (χ1v) is 17.8. The Morgan fingerprint density at radius 1 is 1.04 bits per heavy atom. The minimum atomic E-state index is -2.11. The standard InChI is InChI=1S/C38H30F4N6O3S/c1-17-46-47-37(51-17)27-23(12-7-18-5-8-20(39)9-6-18)44-33-24-4-3-15-48(24)38(49)29(33)28(27)25-16-19-13-14-43-36(35(19)52-25)45-32-21-10-11-22(40)34(50-2)26(21)30(41)31(32)42/h5-6,8-11,13-14,16,24,30-32H,3-4,7,12,15H2,1-2H3,(H,43,45). The average molecular weight is 727 g/mol. The number of aromatic nitrogens is 4. The van der Waals surface area contributed by atoms with Crippen LogP contribution in [0.5, 0.6) is 5.75 Å². The van der Waals surface area contributed by atoms with Crippen LogP contribution in [0.2, 0.25) is 0 Å². The molecule has 1 fully saturated rings. The Kier molecular flexibility index (Phi) is 7.75. The highest BCUT2D eigenvalue weighted by molar-refractivity contribution is 7.23. The molecule has 9 rings (SSSR count). The molecule has 0 spiro atoms. The second-order valence-corrected chi connectivity index (χ2v) is 14.3. The topological polar surface area (TPSA) is 106 Å². The maximum atomic E-state index is 15.7. The Morgan fingerprint density at radius 3 is 2.63 bits per heavy atom. The van der Waals surface area contributed by atoms with E-state index in [2.05, 4.69) is 20.5 Å². The van der Waals surface area contributed by atoms with Crippen molar-refractivity contribution in [3.63, 3.8) is 0 Å². The molecule has 6 aromatic rings. The van der Waals surface area contributed by atoms with Crippen LogP contribution in [0.3, 0.4) is 0 Å². The fourth-order valence-electron chi connectivity index (χ4n) is 7.87. The summed E-state index contributed by atoms with van der Waals surface area (Å²) in [6, 6.07) is 11.2. The predicted molar refractivity (Wildman–Crippen MR) is 186 cm³/mol. The Labute approximate surface area is 298 Å². The maximum absolute atomic E-state index is 15.7. The molecular formula is C38H30F4N6O3S. The largest absolute Gasteiger partial charge is 0.493 e. The number of hydrogen-bond acceptors (Lipinski definition) is 9. The monoisotopic (exact) mass is 726 g/mol. The number of ether oxygens (including phenoxy) is 1. The zero-order chi connectivity index (χ0) is 35.8. The highest BCUT2D eigenvalue weighted by atomic mass is 32.1. The second kappa shape index (κ2) is 12.4. The molecule has 1 amide bonds. The number of carbonyl (C=O) groups excluding carboxylic acids is 1. The number of pyridine rings is 2. The summed E-state index contributed by atoms with van der Waals surface area (Å²) >= 11 is 1.33. The van der Waals surface area contributed by atoms with Gasteiger partial charge in [0.2, 0.25) is 11.8 Å². The summed E-state index contributed by atoms with van der Waals surface area (Å²) in [4.78, 5) is 26.4. The lowest BCUT2D eigenvalue weighted by molar-refractivity contribution is 0.0776. The molecule has 9 nitrogen and oxygen atoms in total. The summed E-state index contributed by atoms with van der Waals surface area (Å²) in [5.74, 6) is -0.701. The van der Waals surface area contributed by atoms with Gasteiger partial charge >= 0.3 is 0 Å². The summed E-state index contributed by atoms with van der Waals surface area (Å²) < 4.78 is 71.0. The van der Waals surface area contributed by atoms with E-state index in [0.717, 1.165) is 29.9 Å². The number of halogens is 4. The van der Waals surface area contributed by atoms with Crippen molar-refractivity contribution in [2.45, 2.75) is 57.0 Å². The van der Waals surface area contributed by atoms with Crippen LogP contribution in [0.15, 0.2) is 59.1 Å². The molecule has 0 saturated carbocycles. The van der Waals surface area contributed by atoms with E-state index >= 15 is 8.78 Å². The number of aryl methyl sites for hydroxylation is 3. The number of rotatable bonds is 8. The lowest BCUT2D eigenvalue weighted by Crippen LogP contribution is -2.22. The molecule has 3 aliphatic rings. The fourth-order valence-corrected chi connectivity index (χ4v) is 9.03. The number of nitrogens with one attached hydrogen (secondary N) is 1. The van der Waals surface area contributed by atoms with Crippen LogP contribution in [0, 0.1) is 18.6 Å². The van der Waals surface area contributed by atoms with Crippen molar-refractivity contribution < 1.29 is 31.5 Å². The predicted octanol–water partition coefficient (Wildman–Crippen LogP) is 8.59. The SMILES string of the molecule is COc1c(F)ccc2c1C(F)C(F)C2Nc1nccc2cc(-c3c4c(nc(CCc5ccc(F)cc5)c3-c3nnc(C)o3)C3CCCN3C4=O)sc12. The molecule has 2 aliphatic heterocycles. The highest BCUT2D eigenvalue weighted by Crippen LogP contribution is 2.52. The Morgan fingerprint density at radius 2 is 1.87 bits per heavy atom. The minimum absolute atomic E-state index is 0.130. The van der Waals surface area contributed by atoms with Gasteiger partial charge in [0.1, 0.15) is 11.6 Å². The molecule has 1 saturated heterocycles. The fraction of sp³-hybridized carbons (Fsp3) is 0.289. The van der Waals surface area contributed by atoms with Gasteiger partial charge in [-0.1, -0.05) is 18.2 Å². The van der Waals surface area contributed by atoms with Crippen LogP contribution in [0.25, 0.3) is 32.0 Å². The van der Waals surface area contributed by atoms with Crippen molar-refractivity contribution >= 4 is 33.1 Å². The van der Waals surface area contributed by atoms with Crippen LogP contribution in [0.4, 0.5) is 23.4 Å². The van der Waals surface area contributed by atoms with Gasteiger partial charge in [0.15, 0.2) is 23.9 Å². The summed E-state index contributed by atoms with van der Waals surface area (Å²) in [5.41, 5.74) is 3.96. The maximum Gasteiger partial charge on any atom is 0.257 e. The van der Waals surface area contributed by atoms with Gasteiger partial charge < -0.3 is 19.4 Å². The third-order valence-electron chi connectivity index (χ3n) is 10.2. The molecule has 52 heavy (non-hydrogen) atoms. The molecular weight excluding hydrogens is 697 g/mol. The van der Waals surface area contributed by atoms with Crippen LogP contribution in [-0.4, -0.2) is 50.8 Å². The lowest BCUT2D eigenvalue weighted by atomic mass is 9.93. The Hall–Kier alpha value is -5.37. The first kappa shape index (κ1) is 32.5. The quantitative estimate of drug-likeness (QED) is 0.156.